The van der Waals surface area contributed by atoms with Crippen molar-refractivity contribution in [3.05, 3.63) is 73.6 Å². The summed E-state index contributed by atoms with van der Waals surface area (Å²) in [6, 6.07) is 5.82. The molecule has 170 valence electrons. The zero-order valence-electron chi connectivity index (χ0n) is 17.3. The summed E-state index contributed by atoms with van der Waals surface area (Å²) in [6.07, 6.45) is 0. The lowest BCUT2D eigenvalue weighted by atomic mass is 9.88. The van der Waals surface area contributed by atoms with Crippen LogP contribution in [0.5, 0.6) is 0 Å². The van der Waals surface area contributed by atoms with E-state index >= 15 is 0 Å². The quantitative estimate of drug-likeness (QED) is 0.384. The summed E-state index contributed by atoms with van der Waals surface area (Å²) < 4.78 is 49.7. The molecule has 32 heavy (non-hydrogen) atoms. The van der Waals surface area contributed by atoms with E-state index in [1.54, 1.807) is 19.9 Å². The van der Waals surface area contributed by atoms with Crippen molar-refractivity contribution in [1.82, 2.24) is 14.9 Å². The third-order valence-corrected chi connectivity index (χ3v) is 7.35. The minimum atomic E-state index is -4.32. The lowest BCUT2D eigenvalue weighted by Gasteiger charge is -2.25. The molecule has 8 nitrogen and oxygen atoms in total. The molecule has 0 fully saturated rings. The van der Waals surface area contributed by atoms with Gasteiger partial charge in [-0.1, -0.05) is 28.9 Å². The number of aromatic nitrogens is 2. The summed E-state index contributed by atoms with van der Waals surface area (Å²) in [5, 5.41) is 6.40. The standard InChI is InChI=1S/C20H20BrFN4O4S2/c1-9-4-6-14(22)16(10(9)2)11(3)17(19-24-25-20(31)30-19)26-32(28,29)15-7-5-12(21)8-13(15)18(23)27/h4-8,11,17,26H,1-3H3,(H2,23,27)(H,25,31)/t11-,17+/m1/s1. The summed E-state index contributed by atoms with van der Waals surface area (Å²) in [6.45, 7) is 5.21. The fraction of sp³-hybridized carbons (Fsp3) is 0.250. The van der Waals surface area contributed by atoms with Gasteiger partial charge in [0.2, 0.25) is 21.8 Å². The van der Waals surface area contributed by atoms with Gasteiger partial charge in [0.1, 0.15) is 11.9 Å². The molecule has 2 atom stereocenters. The average Bonchev–Trinajstić information content (AvgIpc) is 3.15. The highest BCUT2D eigenvalue weighted by Gasteiger charge is 2.34. The highest BCUT2D eigenvalue weighted by Crippen LogP contribution is 2.36. The van der Waals surface area contributed by atoms with Crippen molar-refractivity contribution < 1.29 is 22.0 Å². The molecule has 0 unspecified atom stereocenters. The first kappa shape index (κ1) is 24.2. The van der Waals surface area contributed by atoms with Gasteiger partial charge in [-0.05, 0) is 67.0 Å². The molecular weight excluding hydrogens is 523 g/mol. The number of aryl methyl sites for hydroxylation is 1. The Morgan fingerprint density at radius 3 is 2.59 bits per heavy atom. The molecule has 3 rings (SSSR count). The molecule has 1 heterocycles. The fourth-order valence-corrected chi connectivity index (χ4v) is 5.39. The Morgan fingerprint density at radius 2 is 2.00 bits per heavy atom. The second-order valence-corrected chi connectivity index (χ2v) is 10.2. The van der Waals surface area contributed by atoms with Gasteiger partial charge in [0.15, 0.2) is 0 Å². The van der Waals surface area contributed by atoms with E-state index in [0.29, 0.717) is 15.6 Å². The highest BCUT2D eigenvalue weighted by atomic mass is 79.9. The van der Waals surface area contributed by atoms with Crippen LogP contribution in [0, 0.1) is 24.5 Å². The molecular formula is C20H20BrFN4O4S2. The second-order valence-electron chi connectivity index (χ2n) is 7.25. The summed E-state index contributed by atoms with van der Waals surface area (Å²) in [5.41, 5.74) is 6.97. The Kier molecular flexibility index (Phi) is 6.98. The number of carbonyl (C=O) groups excluding carboxylic acids is 1. The number of nitrogens with zero attached hydrogens (tertiary/aromatic N) is 1. The van der Waals surface area contributed by atoms with E-state index in [-0.39, 0.29) is 21.2 Å². The lowest BCUT2D eigenvalue weighted by molar-refractivity contribution is 0.0997. The van der Waals surface area contributed by atoms with Gasteiger partial charge in [0.05, 0.1) is 10.5 Å². The van der Waals surface area contributed by atoms with Crippen LogP contribution >= 0.6 is 28.1 Å². The predicted octanol–water partition coefficient (Wildman–Crippen LogP) is 4.17. The van der Waals surface area contributed by atoms with Crippen molar-refractivity contribution in [2.24, 2.45) is 5.73 Å². The third kappa shape index (κ3) is 4.82. The third-order valence-electron chi connectivity index (χ3n) is 5.19. The molecule has 0 spiro atoms. The summed E-state index contributed by atoms with van der Waals surface area (Å²) in [5.74, 6) is -2.25. The largest absolute Gasteiger partial charge is 0.412 e. The first-order valence-electron chi connectivity index (χ1n) is 9.35. The second kappa shape index (κ2) is 9.22. The smallest absolute Gasteiger partial charge is 0.284 e. The van der Waals surface area contributed by atoms with E-state index in [4.69, 9.17) is 22.4 Å². The number of nitrogens with one attached hydrogen (secondary N) is 2. The zero-order valence-corrected chi connectivity index (χ0v) is 20.5. The number of aromatic amines is 1. The van der Waals surface area contributed by atoms with Crippen LogP contribution in [0.4, 0.5) is 4.39 Å². The summed E-state index contributed by atoms with van der Waals surface area (Å²) in [4.78, 5) is 11.5. The van der Waals surface area contributed by atoms with E-state index in [1.165, 1.54) is 24.3 Å². The van der Waals surface area contributed by atoms with Crippen LogP contribution in [0.2, 0.25) is 0 Å². The monoisotopic (exact) mass is 542 g/mol. The molecule has 0 saturated carbocycles. The number of rotatable bonds is 7. The van der Waals surface area contributed by atoms with E-state index in [0.717, 1.165) is 5.56 Å². The van der Waals surface area contributed by atoms with Gasteiger partial charge in [0, 0.05) is 10.4 Å². The van der Waals surface area contributed by atoms with Crippen LogP contribution in [0.25, 0.3) is 0 Å². The molecule has 0 saturated heterocycles. The average molecular weight is 543 g/mol. The lowest BCUT2D eigenvalue weighted by Crippen LogP contribution is -2.34. The van der Waals surface area contributed by atoms with Crippen LogP contribution < -0.4 is 10.5 Å². The Labute approximate surface area is 197 Å². The number of hydrogen-bond acceptors (Lipinski definition) is 6. The maximum Gasteiger partial charge on any atom is 0.284 e. The van der Waals surface area contributed by atoms with Crippen molar-refractivity contribution >= 4 is 44.1 Å². The van der Waals surface area contributed by atoms with Gasteiger partial charge in [-0.15, -0.1) is 5.10 Å². The number of halogens is 2. The Morgan fingerprint density at radius 1 is 1.31 bits per heavy atom. The molecule has 4 N–H and O–H groups in total. The number of sulfonamides is 1. The van der Waals surface area contributed by atoms with E-state index in [1.807, 2.05) is 6.92 Å². The Hall–Kier alpha value is -2.41. The van der Waals surface area contributed by atoms with Crippen LogP contribution in [0.1, 0.15) is 51.8 Å². The minimum absolute atomic E-state index is 0.0701. The molecule has 0 aliphatic carbocycles. The molecule has 3 aromatic rings. The first-order chi connectivity index (χ1) is 14.9. The molecule has 0 aliphatic rings. The molecule has 2 aromatic carbocycles. The topological polar surface area (TPSA) is 131 Å². The van der Waals surface area contributed by atoms with Gasteiger partial charge in [-0.2, -0.15) is 4.72 Å². The molecule has 0 aliphatic heterocycles. The van der Waals surface area contributed by atoms with Crippen LogP contribution in [0.3, 0.4) is 0 Å². The van der Waals surface area contributed by atoms with Gasteiger partial charge in [0.25, 0.3) is 4.84 Å². The molecule has 0 radical (unpaired) electrons. The number of carbonyl (C=O) groups is 1. The van der Waals surface area contributed by atoms with Gasteiger partial charge in [-0.25, -0.2) is 17.9 Å². The SMILES string of the molecule is Cc1ccc(F)c([C@@H](C)[C@H](NS(=O)(=O)c2ccc(Br)cc2C(N)=O)c2n[nH]c(=S)o2)c1C. The van der Waals surface area contributed by atoms with Gasteiger partial charge in [-0.3, -0.25) is 4.79 Å². The zero-order chi connectivity index (χ0) is 23.8. The summed E-state index contributed by atoms with van der Waals surface area (Å²) >= 11 is 8.12. The van der Waals surface area contributed by atoms with Crippen molar-refractivity contribution in [1.29, 1.82) is 0 Å². The predicted molar refractivity (Wildman–Crippen MR) is 122 cm³/mol. The van der Waals surface area contributed by atoms with Crippen LogP contribution in [0.15, 0.2) is 44.1 Å². The van der Waals surface area contributed by atoms with E-state index in [9.17, 15) is 17.6 Å². The molecule has 0 bridgehead atoms. The number of nitrogens with two attached hydrogens (primary N) is 1. The maximum atomic E-state index is 14.8. The van der Waals surface area contributed by atoms with E-state index < -0.39 is 33.7 Å². The summed E-state index contributed by atoms with van der Waals surface area (Å²) in [7, 11) is -4.32. The van der Waals surface area contributed by atoms with Crippen molar-refractivity contribution in [2.75, 3.05) is 0 Å². The van der Waals surface area contributed by atoms with E-state index in [2.05, 4.69) is 30.8 Å². The van der Waals surface area contributed by atoms with Gasteiger partial charge < -0.3 is 10.2 Å². The highest BCUT2D eigenvalue weighted by molar-refractivity contribution is 9.10. The minimum Gasteiger partial charge on any atom is -0.412 e. The Balaban J connectivity index is 2.14. The van der Waals surface area contributed by atoms with Crippen molar-refractivity contribution in [2.45, 2.75) is 37.6 Å². The molecule has 1 amide bonds. The maximum absolute atomic E-state index is 14.8. The van der Waals surface area contributed by atoms with Crippen LogP contribution in [-0.2, 0) is 10.0 Å². The normalized spacial score (nSPS) is 13.7. The fourth-order valence-electron chi connectivity index (χ4n) is 3.43. The first-order valence-corrected chi connectivity index (χ1v) is 12.0. The van der Waals surface area contributed by atoms with Gasteiger partial charge >= 0.3 is 0 Å². The van der Waals surface area contributed by atoms with Crippen molar-refractivity contribution in [3.63, 3.8) is 0 Å². The number of H-pyrrole nitrogens is 1. The Bertz CT molecular complexity index is 1350. The number of primary amides is 1. The number of benzene rings is 2. The number of amides is 1. The van der Waals surface area contributed by atoms with Crippen LogP contribution in [-0.4, -0.2) is 24.5 Å². The molecule has 1 aromatic heterocycles. The molecule has 12 heteroatoms. The van der Waals surface area contributed by atoms with Crippen molar-refractivity contribution in [3.8, 4) is 0 Å². The number of hydrogen-bond donors (Lipinski definition) is 3.